The predicted molar refractivity (Wildman–Crippen MR) is 73.3 cm³/mol. The second-order valence-corrected chi connectivity index (χ2v) is 6.62. The first-order chi connectivity index (χ1) is 9.01. The van der Waals surface area contributed by atoms with E-state index in [2.05, 4.69) is 5.32 Å². The van der Waals surface area contributed by atoms with Crippen LogP contribution >= 0.6 is 0 Å². The van der Waals surface area contributed by atoms with Gasteiger partial charge in [-0.2, -0.15) is 4.31 Å². The summed E-state index contributed by atoms with van der Waals surface area (Å²) in [5, 5.41) is 3.21. The fraction of sp³-hybridized carbons (Fsp3) is 0.917. The molecule has 0 aromatic rings. The molecule has 6 nitrogen and oxygen atoms in total. The van der Waals surface area contributed by atoms with E-state index in [9.17, 15) is 13.2 Å². The molecule has 0 amide bonds. The Hall–Kier alpha value is -0.660. The van der Waals surface area contributed by atoms with Crippen molar-refractivity contribution in [3.63, 3.8) is 0 Å². The molecular weight excluding hydrogens is 268 g/mol. The maximum absolute atomic E-state index is 12.3. The lowest BCUT2D eigenvalue weighted by atomic mass is 10.1. The third kappa shape index (κ3) is 5.08. The van der Waals surface area contributed by atoms with E-state index >= 15 is 0 Å². The Kier molecular flexibility index (Phi) is 6.74. The van der Waals surface area contributed by atoms with Gasteiger partial charge >= 0.3 is 5.97 Å². The molecule has 1 N–H and O–H groups in total. The lowest BCUT2D eigenvalue weighted by molar-refractivity contribution is -0.142. The first-order valence-electron chi connectivity index (χ1n) is 6.87. The minimum Gasteiger partial charge on any atom is -0.466 e. The molecule has 0 aliphatic carbocycles. The monoisotopic (exact) mass is 292 g/mol. The van der Waals surface area contributed by atoms with E-state index in [1.54, 1.807) is 6.92 Å². The highest BCUT2D eigenvalue weighted by Crippen LogP contribution is 2.15. The SMILES string of the molecule is CCOC(=O)CCS(=O)(=O)N(CC)C1CCCNC1. The molecule has 0 bridgehead atoms. The van der Waals surface area contributed by atoms with Crippen molar-refractivity contribution in [1.29, 1.82) is 0 Å². The third-order valence-electron chi connectivity index (χ3n) is 3.22. The molecule has 1 saturated heterocycles. The first-order valence-corrected chi connectivity index (χ1v) is 8.48. The minimum atomic E-state index is -3.39. The lowest BCUT2D eigenvalue weighted by Gasteiger charge is -2.32. The van der Waals surface area contributed by atoms with Gasteiger partial charge in [0.25, 0.3) is 0 Å². The van der Waals surface area contributed by atoms with Crippen LogP contribution in [0.4, 0.5) is 0 Å². The Labute approximate surface area is 115 Å². The molecule has 7 heteroatoms. The largest absolute Gasteiger partial charge is 0.466 e. The number of carbonyl (C=O) groups excluding carboxylic acids is 1. The van der Waals surface area contributed by atoms with E-state index in [-0.39, 0.29) is 24.8 Å². The number of hydrogen-bond donors (Lipinski definition) is 1. The molecule has 1 rings (SSSR count). The third-order valence-corrected chi connectivity index (χ3v) is 5.21. The van der Waals surface area contributed by atoms with Gasteiger partial charge in [-0.3, -0.25) is 4.79 Å². The van der Waals surface area contributed by atoms with Crippen LogP contribution in [0.2, 0.25) is 0 Å². The van der Waals surface area contributed by atoms with Crippen LogP contribution in [-0.2, 0) is 19.6 Å². The number of esters is 1. The van der Waals surface area contributed by atoms with Crippen molar-refractivity contribution in [2.45, 2.75) is 39.2 Å². The second kappa shape index (κ2) is 7.81. The van der Waals surface area contributed by atoms with Gasteiger partial charge in [0.1, 0.15) is 0 Å². The summed E-state index contributed by atoms with van der Waals surface area (Å²) in [6.45, 7) is 5.89. The summed E-state index contributed by atoms with van der Waals surface area (Å²) in [7, 11) is -3.39. The number of rotatable bonds is 7. The van der Waals surface area contributed by atoms with E-state index in [4.69, 9.17) is 4.74 Å². The molecule has 0 radical (unpaired) electrons. The summed E-state index contributed by atoms with van der Waals surface area (Å²) < 4.78 is 30.8. The Morgan fingerprint density at radius 2 is 2.16 bits per heavy atom. The molecule has 1 fully saturated rings. The zero-order valence-electron chi connectivity index (χ0n) is 11.7. The molecule has 0 aromatic carbocycles. The van der Waals surface area contributed by atoms with Crippen molar-refractivity contribution in [1.82, 2.24) is 9.62 Å². The van der Waals surface area contributed by atoms with Gasteiger partial charge in [0.2, 0.25) is 10.0 Å². The number of ether oxygens (including phenoxy) is 1. The number of nitrogens with one attached hydrogen (secondary N) is 1. The number of piperidine rings is 1. The van der Waals surface area contributed by atoms with Gasteiger partial charge in [-0.25, -0.2) is 8.42 Å². The van der Waals surface area contributed by atoms with E-state index in [1.807, 2.05) is 6.92 Å². The summed E-state index contributed by atoms with van der Waals surface area (Å²) in [5.41, 5.74) is 0. The van der Waals surface area contributed by atoms with Gasteiger partial charge in [0.05, 0.1) is 18.8 Å². The molecule has 112 valence electrons. The number of sulfonamides is 1. The molecule has 1 unspecified atom stereocenters. The van der Waals surface area contributed by atoms with Crippen LogP contribution in [0.1, 0.15) is 33.1 Å². The molecule has 19 heavy (non-hydrogen) atoms. The fourth-order valence-electron chi connectivity index (χ4n) is 2.32. The standard InChI is InChI=1S/C12H24N2O4S/c1-3-14(11-6-5-8-13-10-11)19(16,17)9-7-12(15)18-4-2/h11,13H,3-10H2,1-2H3. The molecule has 0 aromatic heterocycles. The smallest absolute Gasteiger partial charge is 0.306 e. The summed E-state index contributed by atoms with van der Waals surface area (Å²) in [6.07, 6.45) is 1.78. The maximum atomic E-state index is 12.3. The predicted octanol–water partition coefficient (Wildman–Crippen LogP) is 0.343. The summed E-state index contributed by atoms with van der Waals surface area (Å²) in [5.74, 6) is -0.625. The molecule has 1 atom stereocenters. The number of carbonyl (C=O) groups is 1. The topological polar surface area (TPSA) is 75.7 Å². The quantitative estimate of drug-likeness (QED) is 0.685. The normalized spacial score (nSPS) is 20.5. The first kappa shape index (κ1) is 16.4. The highest BCUT2D eigenvalue weighted by molar-refractivity contribution is 7.89. The van der Waals surface area contributed by atoms with E-state index < -0.39 is 16.0 Å². The van der Waals surface area contributed by atoms with Crippen LogP contribution < -0.4 is 5.32 Å². The second-order valence-electron chi connectivity index (χ2n) is 4.57. The molecule has 1 aliphatic rings. The zero-order valence-corrected chi connectivity index (χ0v) is 12.5. The summed E-state index contributed by atoms with van der Waals surface area (Å²) in [4.78, 5) is 11.3. The number of likely N-dealkylation sites (N-methyl/N-ethyl adjacent to an activating group) is 1. The average molecular weight is 292 g/mol. The van der Waals surface area contributed by atoms with Gasteiger partial charge in [0.15, 0.2) is 0 Å². The Balaban J connectivity index is 2.59. The van der Waals surface area contributed by atoms with Crippen molar-refractivity contribution in [2.24, 2.45) is 0 Å². The van der Waals surface area contributed by atoms with Gasteiger partial charge in [0, 0.05) is 19.1 Å². The molecule has 0 saturated carbocycles. The maximum Gasteiger partial charge on any atom is 0.306 e. The fourth-order valence-corrected chi connectivity index (χ4v) is 4.01. The van der Waals surface area contributed by atoms with Crippen molar-refractivity contribution in [2.75, 3.05) is 32.0 Å². The molecular formula is C12H24N2O4S. The van der Waals surface area contributed by atoms with Crippen LogP contribution in [0.25, 0.3) is 0 Å². The highest BCUT2D eigenvalue weighted by atomic mass is 32.2. The van der Waals surface area contributed by atoms with Crippen molar-refractivity contribution in [3.05, 3.63) is 0 Å². The Bertz CT molecular complexity index is 377. The van der Waals surface area contributed by atoms with Gasteiger partial charge in [-0.1, -0.05) is 6.92 Å². The molecule has 0 spiro atoms. The van der Waals surface area contributed by atoms with Gasteiger partial charge in [-0.05, 0) is 26.3 Å². The Morgan fingerprint density at radius 3 is 2.68 bits per heavy atom. The average Bonchev–Trinajstić information content (AvgIpc) is 2.39. The number of nitrogens with zero attached hydrogens (tertiary/aromatic N) is 1. The van der Waals surface area contributed by atoms with Crippen LogP contribution in [0.5, 0.6) is 0 Å². The van der Waals surface area contributed by atoms with E-state index in [0.717, 1.165) is 19.4 Å². The van der Waals surface area contributed by atoms with Crippen molar-refractivity contribution < 1.29 is 17.9 Å². The van der Waals surface area contributed by atoms with Gasteiger partial charge < -0.3 is 10.1 Å². The van der Waals surface area contributed by atoms with Crippen LogP contribution in [0.3, 0.4) is 0 Å². The molecule has 1 aliphatic heterocycles. The van der Waals surface area contributed by atoms with Crippen LogP contribution in [0.15, 0.2) is 0 Å². The minimum absolute atomic E-state index is 0.00551. The highest BCUT2D eigenvalue weighted by Gasteiger charge is 2.29. The molecule has 1 heterocycles. The van der Waals surface area contributed by atoms with Crippen LogP contribution in [-0.4, -0.2) is 56.7 Å². The van der Waals surface area contributed by atoms with Crippen molar-refractivity contribution in [3.8, 4) is 0 Å². The Morgan fingerprint density at radius 1 is 1.42 bits per heavy atom. The van der Waals surface area contributed by atoms with Crippen molar-refractivity contribution >= 4 is 16.0 Å². The van der Waals surface area contributed by atoms with E-state index in [1.165, 1.54) is 4.31 Å². The van der Waals surface area contributed by atoms with Gasteiger partial charge in [-0.15, -0.1) is 0 Å². The van der Waals surface area contributed by atoms with E-state index in [0.29, 0.717) is 13.1 Å². The number of hydrogen-bond acceptors (Lipinski definition) is 5. The summed E-state index contributed by atoms with van der Waals surface area (Å²) >= 11 is 0. The summed E-state index contributed by atoms with van der Waals surface area (Å²) in [6, 6.07) is 0.00551. The van der Waals surface area contributed by atoms with Crippen LogP contribution in [0, 0.1) is 0 Å². The lowest BCUT2D eigenvalue weighted by Crippen LogP contribution is -2.49. The zero-order chi connectivity index (χ0) is 14.3.